The Labute approximate surface area is 110 Å². The van der Waals surface area contributed by atoms with Crippen LogP contribution in [0.15, 0.2) is 30.3 Å². The van der Waals surface area contributed by atoms with E-state index in [1.165, 1.54) is 0 Å². The quantitative estimate of drug-likeness (QED) is 0.573. The molecule has 0 spiro atoms. The molecule has 0 radical (unpaired) electrons. The van der Waals surface area contributed by atoms with Gasteiger partial charge in [0.1, 0.15) is 6.61 Å². The summed E-state index contributed by atoms with van der Waals surface area (Å²) in [5, 5.41) is 10.8. The molecule has 0 aliphatic rings. The van der Waals surface area contributed by atoms with Gasteiger partial charge in [0.15, 0.2) is 0 Å². The summed E-state index contributed by atoms with van der Waals surface area (Å²) in [6.07, 6.45) is -0.425. The maximum absolute atomic E-state index is 11.3. The molecule has 0 aliphatic carbocycles. The van der Waals surface area contributed by atoms with E-state index in [-0.39, 0.29) is 26.0 Å². The first-order chi connectivity index (χ1) is 9.09. The topological polar surface area (TPSA) is 92.7 Å². The molecule has 0 saturated carbocycles. The summed E-state index contributed by atoms with van der Waals surface area (Å²) in [5.74, 6) is -2.31. The second kappa shape index (κ2) is 7.86. The molecule has 0 atom stereocenters. The van der Waals surface area contributed by atoms with Crippen LogP contribution in [0.25, 0.3) is 0 Å². The van der Waals surface area contributed by atoms with Crippen molar-refractivity contribution in [2.75, 3.05) is 6.54 Å². The Morgan fingerprint density at radius 2 is 1.84 bits per heavy atom. The number of alkyl carbamates (subject to hydrolysis) is 1. The molecule has 1 rings (SSSR count). The summed E-state index contributed by atoms with van der Waals surface area (Å²) in [4.78, 5) is 32.2. The molecule has 0 aromatic heterocycles. The van der Waals surface area contributed by atoms with Crippen molar-refractivity contribution in [3.8, 4) is 0 Å². The first kappa shape index (κ1) is 14.7. The fourth-order valence-corrected chi connectivity index (χ4v) is 1.32. The van der Waals surface area contributed by atoms with Gasteiger partial charge in [-0.3, -0.25) is 4.79 Å². The predicted octanol–water partition coefficient (Wildman–Crippen LogP) is 1.35. The SMILES string of the molecule is O=C(NCCCC(=O)C(=O)O)OCc1ccccc1. The monoisotopic (exact) mass is 265 g/mol. The van der Waals surface area contributed by atoms with Gasteiger partial charge in [-0.15, -0.1) is 0 Å². The molecule has 19 heavy (non-hydrogen) atoms. The second-order valence-corrected chi connectivity index (χ2v) is 3.82. The smallest absolute Gasteiger partial charge is 0.407 e. The summed E-state index contributed by atoms with van der Waals surface area (Å²) in [6, 6.07) is 9.21. The third-order valence-corrected chi connectivity index (χ3v) is 2.30. The number of Topliss-reactive ketones (excluding diaryl/α,β-unsaturated/α-hetero) is 1. The van der Waals surface area contributed by atoms with E-state index in [0.717, 1.165) is 5.56 Å². The second-order valence-electron chi connectivity index (χ2n) is 3.82. The summed E-state index contributed by atoms with van der Waals surface area (Å²) < 4.78 is 4.93. The average Bonchev–Trinajstić information content (AvgIpc) is 2.42. The van der Waals surface area contributed by atoms with Crippen LogP contribution in [-0.2, 0) is 20.9 Å². The number of carboxylic acids is 1. The van der Waals surface area contributed by atoms with E-state index >= 15 is 0 Å². The van der Waals surface area contributed by atoms with E-state index in [0.29, 0.717) is 0 Å². The zero-order chi connectivity index (χ0) is 14.1. The standard InChI is InChI=1S/C13H15NO5/c15-11(12(16)17)7-4-8-14-13(18)19-9-10-5-2-1-3-6-10/h1-3,5-6H,4,7-9H2,(H,14,18)(H,16,17). The Balaban J connectivity index is 2.12. The van der Waals surface area contributed by atoms with Crippen molar-refractivity contribution in [3.05, 3.63) is 35.9 Å². The van der Waals surface area contributed by atoms with Gasteiger partial charge in [-0.25, -0.2) is 9.59 Å². The van der Waals surface area contributed by atoms with Crippen molar-refractivity contribution in [1.82, 2.24) is 5.32 Å². The molecule has 0 fully saturated rings. The van der Waals surface area contributed by atoms with Crippen LogP contribution >= 0.6 is 0 Å². The molecule has 0 heterocycles. The highest BCUT2D eigenvalue weighted by molar-refractivity contribution is 6.32. The fourth-order valence-electron chi connectivity index (χ4n) is 1.32. The molecule has 1 aromatic carbocycles. The highest BCUT2D eigenvalue weighted by Crippen LogP contribution is 2.00. The number of benzene rings is 1. The van der Waals surface area contributed by atoms with Gasteiger partial charge in [0.25, 0.3) is 0 Å². The van der Waals surface area contributed by atoms with Gasteiger partial charge in [-0.1, -0.05) is 30.3 Å². The number of hydrogen-bond donors (Lipinski definition) is 2. The molecule has 0 unspecified atom stereocenters. The number of aliphatic carboxylic acids is 1. The number of carboxylic acid groups (broad SMARTS) is 1. The normalized spacial score (nSPS) is 9.68. The van der Waals surface area contributed by atoms with E-state index in [2.05, 4.69) is 5.32 Å². The van der Waals surface area contributed by atoms with Crippen LogP contribution in [0.2, 0.25) is 0 Å². The molecule has 0 bridgehead atoms. The van der Waals surface area contributed by atoms with E-state index in [1.54, 1.807) is 0 Å². The number of hydrogen-bond acceptors (Lipinski definition) is 4. The minimum absolute atomic E-state index is 0.103. The summed E-state index contributed by atoms with van der Waals surface area (Å²) >= 11 is 0. The van der Waals surface area contributed by atoms with Crippen LogP contribution in [0.4, 0.5) is 4.79 Å². The van der Waals surface area contributed by atoms with Crippen molar-refractivity contribution in [2.45, 2.75) is 19.4 Å². The van der Waals surface area contributed by atoms with Crippen LogP contribution in [0.5, 0.6) is 0 Å². The number of carbonyl (C=O) groups is 3. The average molecular weight is 265 g/mol. The number of ketones is 1. The van der Waals surface area contributed by atoms with Crippen LogP contribution in [0, 0.1) is 0 Å². The summed E-state index contributed by atoms with van der Waals surface area (Å²) in [5.41, 5.74) is 0.874. The van der Waals surface area contributed by atoms with Gasteiger partial charge in [0.05, 0.1) is 0 Å². The Morgan fingerprint density at radius 1 is 1.16 bits per heavy atom. The lowest BCUT2D eigenvalue weighted by Gasteiger charge is -2.06. The molecular weight excluding hydrogens is 250 g/mol. The number of rotatable bonds is 7. The summed E-state index contributed by atoms with van der Waals surface area (Å²) in [6.45, 7) is 0.368. The van der Waals surface area contributed by atoms with Crippen molar-refractivity contribution in [2.24, 2.45) is 0 Å². The third kappa shape index (κ3) is 6.21. The minimum atomic E-state index is -1.45. The number of nitrogens with one attached hydrogen (secondary N) is 1. The molecule has 6 nitrogen and oxygen atoms in total. The van der Waals surface area contributed by atoms with Crippen LogP contribution in [-0.4, -0.2) is 29.5 Å². The lowest BCUT2D eigenvalue weighted by atomic mass is 10.2. The van der Waals surface area contributed by atoms with Gasteiger partial charge < -0.3 is 15.2 Å². The summed E-state index contributed by atoms with van der Waals surface area (Å²) in [7, 11) is 0. The first-order valence-corrected chi connectivity index (χ1v) is 5.80. The van der Waals surface area contributed by atoms with E-state index in [1.807, 2.05) is 30.3 Å². The Kier molecular flexibility index (Phi) is 6.08. The van der Waals surface area contributed by atoms with Crippen LogP contribution < -0.4 is 5.32 Å². The Hall–Kier alpha value is -2.37. The van der Waals surface area contributed by atoms with Gasteiger partial charge in [0.2, 0.25) is 5.78 Å². The third-order valence-electron chi connectivity index (χ3n) is 2.30. The highest BCUT2D eigenvalue weighted by atomic mass is 16.5. The molecule has 0 saturated heterocycles. The van der Waals surface area contributed by atoms with E-state index in [9.17, 15) is 14.4 Å². The molecule has 0 aliphatic heterocycles. The number of carbonyl (C=O) groups excluding carboxylic acids is 2. The maximum atomic E-state index is 11.3. The maximum Gasteiger partial charge on any atom is 0.407 e. The van der Waals surface area contributed by atoms with Crippen molar-refractivity contribution in [3.63, 3.8) is 0 Å². The lowest BCUT2D eigenvalue weighted by Crippen LogP contribution is -2.26. The van der Waals surface area contributed by atoms with E-state index < -0.39 is 17.8 Å². The molecular formula is C13H15NO5. The molecule has 1 aromatic rings. The first-order valence-electron chi connectivity index (χ1n) is 5.80. The predicted molar refractivity (Wildman–Crippen MR) is 66.5 cm³/mol. The zero-order valence-electron chi connectivity index (χ0n) is 10.3. The van der Waals surface area contributed by atoms with Crippen molar-refractivity contribution in [1.29, 1.82) is 0 Å². The van der Waals surface area contributed by atoms with Crippen molar-refractivity contribution >= 4 is 17.8 Å². The molecule has 102 valence electrons. The number of amides is 1. The molecule has 2 N–H and O–H groups in total. The van der Waals surface area contributed by atoms with Crippen LogP contribution in [0.1, 0.15) is 18.4 Å². The molecule has 1 amide bonds. The Bertz CT molecular complexity index is 444. The minimum Gasteiger partial charge on any atom is -0.476 e. The largest absolute Gasteiger partial charge is 0.476 e. The van der Waals surface area contributed by atoms with Gasteiger partial charge >= 0.3 is 12.1 Å². The lowest BCUT2D eigenvalue weighted by molar-refractivity contribution is -0.149. The Morgan fingerprint density at radius 3 is 2.47 bits per heavy atom. The molecule has 6 heteroatoms. The van der Waals surface area contributed by atoms with Gasteiger partial charge in [-0.05, 0) is 12.0 Å². The van der Waals surface area contributed by atoms with Crippen LogP contribution in [0.3, 0.4) is 0 Å². The highest BCUT2D eigenvalue weighted by Gasteiger charge is 2.10. The number of ether oxygens (including phenoxy) is 1. The van der Waals surface area contributed by atoms with E-state index in [4.69, 9.17) is 9.84 Å². The van der Waals surface area contributed by atoms with Gasteiger partial charge in [0, 0.05) is 13.0 Å². The zero-order valence-corrected chi connectivity index (χ0v) is 10.3. The van der Waals surface area contributed by atoms with Gasteiger partial charge in [-0.2, -0.15) is 0 Å². The van der Waals surface area contributed by atoms with Crippen molar-refractivity contribution < 1.29 is 24.2 Å². The fraction of sp³-hybridized carbons (Fsp3) is 0.308.